The van der Waals surface area contributed by atoms with E-state index in [9.17, 15) is 9.90 Å². The minimum Gasteiger partial charge on any atom is -0.486 e. The van der Waals surface area contributed by atoms with Gasteiger partial charge in [0.25, 0.3) is 5.91 Å². The van der Waals surface area contributed by atoms with E-state index >= 15 is 0 Å². The first-order valence-electron chi connectivity index (χ1n) is 8.28. The summed E-state index contributed by atoms with van der Waals surface area (Å²) in [5.74, 6) is 0.687. The van der Waals surface area contributed by atoms with E-state index in [0.717, 1.165) is 11.3 Å². The number of carbonyl (C=O) groups is 1. The zero-order valence-corrected chi connectivity index (χ0v) is 14.1. The number of benzene rings is 2. The van der Waals surface area contributed by atoms with Gasteiger partial charge >= 0.3 is 0 Å². The van der Waals surface area contributed by atoms with Gasteiger partial charge in [-0.25, -0.2) is 0 Å². The van der Waals surface area contributed by atoms with Crippen LogP contribution in [-0.2, 0) is 0 Å². The zero-order valence-electron chi connectivity index (χ0n) is 14.1. The highest BCUT2D eigenvalue weighted by molar-refractivity contribution is 5.94. The third-order valence-corrected chi connectivity index (χ3v) is 4.42. The fourth-order valence-corrected chi connectivity index (χ4v) is 2.97. The number of amides is 1. The smallest absolute Gasteiger partial charge is 0.253 e. The molecule has 1 aliphatic heterocycles. The minimum absolute atomic E-state index is 0.0459. The van der Waals surface area contributed by atoms with Crippen molar-refractivity contribution in [1.82, 2.24) is 4.90 Å². The molecule has 0 bridgehead atoms. The molecule has 0 saturated carbocycles. The van der Waals surface area contributed by atoms with Crippen molar-refractivity contribution in [3.05, 3.63) is 65.7 Å². The molecule has 1 aliphatic rings. The van der Waals surface area contributed by atoms with Gasteiger partial charge in [0, 0.05) is 18.7 Å². The second kappa shape index (κ2) is 6.65. The lowest BCUT2D eigenvalue weighted by Gasteiger charge is -2.19. The second-order valence-corrected chi connectivity index (χ2v) is 6.67. The van der Waals surface area contributed by atoms with Crippen LogP contribution in [0, 0.1) is 0 Å². The third kappa shape index (κ3) is 3.77. The molecule has 4 nitrogen and oxygen atoms in total. The summed E-state index contributed by atoms with van der Waals surface area (Å²) in [6.45, 7) is 4.74. The van der Waals surface area contributed by atoms with E-state index in [1.54, 1.807) is 24.0 Å². The van der Waals surface area contributed by atoms with Crippen LogP contribution in [0.3, 0.4) is 0 Å². The Morgan fingerprint density at radius 2 is 1.83 bits per heavy atom. The van der Waals surface area contributed by atoms with Crippen LogP contribution < -0.4 is 4.74 Å². The quantitative estimate of drug-likeness (QED) is 0.937. The Morgan fingerprint density at radius 1 is 1.17 bits per heavy atom. The van der Waals surface area contributed by atoms with Crippen LogP contribution in [0.25, 0.3) is 0 Å². The van der Waals surface area contributed by atoms with Crippen LogP contribution in [0.1, 0.15) is 42.3 Å². The Kier molecular flexibility index (Phi) is 4.58. The van der Waals surface area contributed by atoms with Crippen molar-refractivity contribution in [1.29, 1.82) is 0 Å². The summed E-state index contributed by atoms with van der Waals surface area (Å²) >= 11 is 0. The van der Waals surface area contributed by atoms with Gasteiger partial charge in [-0.15, -0.1) is 0 Å². The molecule has 3 rings (SSSR count). The van der Waals surface area contributed by atoms with Crippen LogP contribution in [0.15, 0.2) is 54.6 Å². The lowest BCUT2D eigenvalue weighted by Crippen LogP contribution is -2.33. The summed E-state index contributed by atoms with van der Waals surface area (Å²) in [6, 6.07) is 17.2. The van der Waals surface area contributed by atoms with Crippen molar-refractivity contribution in [2.24, 2.45) is 0 Å². The summed E-state index contributed by atoms with van der Waals surface area (Å²) in [4.78, 5) is 14.2. The number of aliphatic hydroxyl groups is 1. The SMILES string of the molecule is C[C@H](Oc1ccc(C(=O)N2CC[C@@](C)(O)C2)cc1)c1ccccc1. The number of nitrogens with zero attached hydrogens (tertiary/aromatic N) is 1. The number of likely N-dealkylation sites (tertiary alicyclic amines) is 1. The molecule has 0 radical (unpaired) electrons. The number of rotatable bonds is 4. The standard InChI is InChI=1S/C20H23NO3/c1-15(16-6-4-3-5-7-16)24-18-10-8-17(9-11-18)19(22)21-13-12-20(2,23)14-21/h3-11,15,23H,12-14H2,1-2H3/t15-,20+/m0/s1. The average Bonchev–Trinajstić information content (AvgIpc) is 2.95. The van der Waals surface area contributed by atoms with Crippen LogP contribution in [0.5, 0.6) is 5.75 Å². The summed E-state index contributed by atoms with van der Waals surface area (Å²) in [6.07, 6.45) is 0.565. The largest absolute Gasteiger partial charge is 0.486 e. The van der Waals surface area contributed by atoms with Crippen LogP contribution >= 0.6 is 0 Å². The monoisotopic (exact) mass is 325 g/mol. The molecule has 0 spiro atoms. The topological polar surface area (TPSA) is 49.8 Å². The maximum atomic E-state index is 12.5. The summed E-state index contributed by atoms with van der Waals surface area (Å²) in [7, 11) is 0. The molecule has 0 aromatic heterocycles. The Labute approximate surface area is 142 Å². The van der Waals surface area contributed by atoms with Gasteiger partial charge in [0.05, 0.1) is 5.60 Å². The summed E-state index contributed by atoms with van der Waals surface area (Å²) in [5, 5.41) is 10.00. The lowest BCUT2D eigenvalue weighted by atomic mass is 10.1. The van der Waals surface area contributed by atoms with E-state index in [0.29, 0.717) is 25.1 Å². The molecule has 1 saturated heterocycles. The van der Waals surface area contributed by atoms with Gasteiger partial charge in [-0.05, 0) is 50.1 Å². The lowest BCUT2D eigenvalue weighted by molar-refractivity contribution is 0.0572. The predicted molar refractivity (Wildman–Crippen MR) is 93.1 cm³/mol. The van der Waals surface area contributed by atoms with Crippen LogP contribution in [0.4, 0.5) is 0 Å². The average molecular weight is 325 g/mol. The summed E-state index contributed by atoms with van der Waals surface area (Å²) < 4.78 is 5.93. The number of hydrogen-bond acceptors (Lipinski definition) is 3. The van der Waals surface area contributed by atoms with Crippen molar-refractivity contribution in [2.75, 3.05) is 13.1 Å². The molecule has 2 aromatic carbocycles. The van der Waals surface area contributed by atoms with Gasteiger partial charge in [-0.2, -0.15) is 0 Å². The fraction of sp³-hybridized carbons (Fsp3) is 0.350. The summed E-state index contributed by atoms with van der Waals surface area (Å²) in [5.41, 5.74) is 0.952. The van der Waals surface area contributed by atoms with E-state index < -0.39 is 5.60 Å². The van der Waals surface area contributed by atoms with Gasteiger partial charge in [0.15, 0.2) is 0 Å². The molecule has 1 fully saturated rings. The predicted octanol–water partition coefficient (Wildman–Crippen LogP) is 3.42. The van der Waals surface area contributed by atoms with Crippen LogP contribution in [0.2, 0.25) is 0 Å². The highest BCUT2D eigenvalue weighted by Crippen LogP contribution is 2.24. The third-order valence-electron chi connectivity index (χ3n) is 4.42. The van der Waals surface area contributed by atoms with Gasteiger partial charge in [0.2, 0.25) is 0 Å². The minimum atomic E-state index is -0.774. The second-order valence-electron chi connectivity index (χ2n) is 6.67. The molecule has 1 heterocycles. The van der Waals surface area contributed by atoms with E-state index in [2.05, 4.69) is 0 Å². The Morgan fingerprint density at radius 3 is 2.42 bits per heavy atom. The zero-order chi connectivity index (χ0) is 17.2. The molecular formula is C20H23NO3. The molecule has 0 aliphatic carbocycles. The van der Waals surface area contributed by atoms with E-state index in [1.165, 1.54) is 0 Å². The Balaban J connectivity index is 1.64. The molecule has 126 valence electrons. The molecular weight excluding hydrogens is 302 g/mol. The van der Waals surface area contributed by atoms with E-state index in [-0.39, 0.29) is 12.0 Å². The van der Waals surface area contributed by atoms with Crippen molar-refractivity contribution in [3.8, 4) is 5.75 Å². The number of β-amino-alcohol motifs (C(OH)–C–C–N with tert-alkyl or cyclic N) is 1. The van der Waals surface area contributed by atoms with Gasteiger partial charge in [-0.3, -0.25) is 4.79 Å². The van der Waals surface area contributed by atoms with Gasteiger partial charge in [0.1, 0.15) is 11.9 Å². The van der Waals surface area contributed by atoms with Gasteiger partial charge < -0.3 is 14.7 Å². The molecule has 2 atom stereocenters. The van der Waals surface area contributed by atoms with Crippen LogP contribution in [-0.4, -0.2) is 34.6 Å². The first kappa shape index (κ1) is 16.5. The molecule has 1 N–H and O–H groups in total. The van der Waals surface area contributed by atoms with Crippen molar-refractivity contribution in [3.63, 3.8) is 0 Å². The van der Waals surface area contributed by atoms with Gasteiger partial charge in [-0.1, -0.05) is 30.3 Å². The number of ether oxygens (including phenoxy) is 1. The van der Waals surface area contributed by atoms with Crippen molar-refractivity contribution >= 4 is 5.91 Å². The molecule has 4 heteroatoms. The first-order chi connectivity index (χ1) is 11.4. The molecule has 1 amide bonds. The maximum Gasteiger partial charge on any atom is 0.253 e. The first-order valence-corrected chi connectivity index (χ1v) is 8.28. The molecule has 0 unspecified atom stereocenters. The van der Waals surface area contributed by atoms with Crippen molar-refractivity contribution in [2.45, 2.75) is 32.0 Å². The number of carbonyl (C=O) groups excluding carboxylic acids is 1. The van der Waals surface area contributed by atoms with Crippen molar-refractivity contribution < 1.29 is 14.6 Å². The maximum absolute atomic E-state index is 12.5. The molecule has 2 aromatic rings. The Bertz CT molecular complexity index is 695. The highest BCUT2D eigenvalue weighted by atomic mass is 16.5. The normalized spacial score (nSPS) is 21.5. The fourth-order valence-electron chi connectivity index (χ4n) is 2.97. The number of hydrogen-bond donors (Lipinski definition) is 1. The Hall–Kier alpha value is -2.33. The highest BCUT2D eigenvalue weighted by Gasteiger charge is 2.34. The van der Waals surface area contributed by atoms with E-state index in [4.69, 9.17) is 4.74 Å². The van der Waals surface area contributed by atoms with E-state index in [1.807, 2.05) is 49.4 Å². The molecule has 24 heavy (non-hydrogen) atoms.